The van der Waals surface area contributed by atoms with Crippen molar-refractivity contribution in [3.05, 3.63) is 60.6 Å². The van der Waals surface area contributed by atoms with Crippen LogP contribution in [0.4, 0.5) is 30.5 Å². The summed E-state index contributed by atoms with van der Waals surface area (Å²) in [6.07, 6.45) is -1.42. The monoisotopic (exact) mass is 541 g/mol. The molecule has 1 saturated heterocycles. The second-order valence-electron chi connectivity index (χ2n) is 8.97. The zero-order valence-corrected chi connectivity index (χ0v) is 20.8. The summed E-state index contributed by atoms with van der Waals surface area (Å²) in [5.74, 6) is 0.482. The Morgan fingerprint density at radius 2 is 1.82 bits per heavy atom. The minimum absolute atomic E-state index is 0.00830. The Bertz CT molecular complexity index is 1450. The number of hydrogen-bond donors (Lipinski definition) is 3. The van der Waals surface area contributed by atoms with Gasteiger partial charge in [0.15, 0.2) is 5.82 Å². The predicted molar refractivity (Wildman–Crippen MR) is 137 cm³/mol. The van der Waals surface area contributed by atoms with Crippen molar-refractivity contribution in [1.29, 1.82) is 0 Å². The number of carbonyl (C=O) groups is 1. The van der Waals surface area contributed by atoms with Crippen LogP contribution in [-0.4, -0.2) is 91.3 Å². The van der Waals surface area contributed by atoms with Gasteiger partial charge in [-0.3, -0.25) is 14.6 Å². The minimum atomic E-state index is -4.60. The summed E-state index contributed by atoms with van der Waals surface area (Å²) in [6.45, 7) is 4.00. The fraction of sp³-hybridized carbons (Fsp3) is 0.320. The van der Waals surface area contributed by atoms with Crippen LogP contribution in [-0.2, 0) is 11.0 Å². The average Bonchev–Trinajstić information content (AvgIpc) is 3.39. The van der Waals surface area contributed by atoms with Gasteiger partial charge >= 0.3 is 6.18 Å². The maximum atomic E-state index is 13.2. The molecule has 204 valence electrons. The highest BCUT2D eigenvalue weighted by molar-refractivity contribution is 5.92. The zero-order valence-electron chi connectivity index (χ0n) is 20.8. The summed E-state index contributed by atoms with van der Waals surface area (Å²) in [5, 5.41) is 19.3. The summed E-state index contributed by atoms with van der Waals surface area (Å²) in [4.78, 5) is 29.2. The Morgan fingerprint density at radius 1 is 1.03 bits per heavy atom. The molecule has 0 radical (unpaired) electrons. The van der Waals surface area contributed by atoms with Crippen molar-refractivity contribution < 1.29 is 23.1 Å². The van der Waals surface area contributed by atoms with E-state index in [1.165, 1.54) is 22.8 Å². The van der Waals surface area contributed by atoms with E-state index in [1.807, 2.05) is 4.90 Å². The topological polar surface area (TPSA) is 124 Å². The van der Waals surface area contributed by atoms with Gasteiger partial charge in [0.2, 0.25) is 11.7 Å². The standard InChI is InChI=1S/C25H26F3N9O2/c26-25(27,28)20-5-1-3-18(31-20)23-33-24(19-4-2-8-37(19)34-23)30-17-6-7-29-21(15-17)32-22(39)16-36-11-9-35(10-12-36)13-14-38/h1-8,15,38H,9-14,16H2,(H2,29,30,32,33,34,39). The van der Waals surface area contributed by atoms with Crippen molar-refractivity contribution in [2.75, 3.05) is 56.5 Å². The third kappa shape index (κ3) is 6.47. The third-order valence-electron chi connectivity index (χ3n) is 6.20. The van der Waals surface area contributed by atoms with Gasteiger partial charge in [-0.15, -0.1) is 5.10 Å². The van der Waals surface area contributed by atoms with E-state index in [9.17, 15) is 18.0 Å². The normalized spacial score (nSPS) is 15.0. The van der Waals surface area contributed by atoms with Gasteiger partial charge in [0, 0.05) is 56.9 Å². The summed E-state index contributed by atoms with van der Waals surface area (Å²) in [5.41, 5.74) is 0.0896. The highest BCUT2D eigenvalue weighted by atomic mass is 19.4. The van der Waals surface area contributed by atoms with Crippen LogP contribution in [0, 0.1) is 0 Å². The average molecular weight is 542 g/mol. The molecule has 0 bridgehead atoms. The SMILES string of the molecule is O=C(CN1CCN(CCO)CC1)Nc1cc(Nc2nc(-c3cccc(C(F)(F)F)n3)nn3cccc23)ccn1. The molecule has 0 atom stereocenters. The summed E-state index contributed by atoms with van der Waals surface area (Å²) in [7, 11) is 0. The number of pyridine rings is 2. The maximum absolute atomic E-state index is 13.2. The van der Waals surface area contributed by atoms with E-state index in [4.69, 9.17) is 5.11 Å². The number of anilines is 3. The molecule has 0 aromatic carbocycles. The Hall–Kier alpha value is -4.14. The lowest BCUT2D eigenvalue weighted by Gasteiger charge is -2.33. The first kappa shape index (κ1) is 26.5. The van der Waals surface area contributed by atoms with E-state index in [0.29, 0.717) is 29.4 Å². The van der Waals surface area contributed by atoms with Crippen LogP contribution < -0.4 is 10.6 Å². The van der Waals surface area contributed by atoms with Crippen molar-refractivity contribution in [2.24, 2.45) is 0 Å². The molecule has 1 aliphatic rings. The first-order chi connectivity index (χ1) is 18.8. The molecule has 3 N–H and O–H groups in total. The lowest BCUT2D eigenvalue weighted by atomic mass is 10.3. The number of carbonyl (C=O) groups excluding carboxylic acids is 1. The highest BCUT2D eigenvalue weighted by Crippen LogP contribution is 2.29. The number of alkyl halides is 3. The molecule has 0 unspecified atom stereocenters. The molecule has 0 aliphatic carbocycles. The van der Waals surface area contributed by atoms with Gasteiger partial charge < -0.3 is 15.7 Å². The number of halogens is 3. The molecular formula is C25H26F3N9O2. The molecule has 4 aromatic heterocycles. The summed E-state index contributed by atoms with van der Waals surface area (Å²) >= 11 is 0. The molecule has 5 heterocycles. The fourth-order valence-electron chi connectivity index (χ4n) is 4.26. The number of nitrogens with one attached hydrogen (secondary N) is 2. The van der Waals surface area contributed by atoms with Crippen LogP contribution in [0.3, 0.4) is 0 Å². The Morgan fingerprint density at radius 3 is 2.59 bits per heavy atom. The van der Waals surface area contributed by atoms with Gasteiger partial charge in [-0.25, -0.2) is 19.5 Å². The van der Waals surface area contributed by atoms with E-state index >= 15 is 0 Å². The second kappa shape index (κ2) is 11.3. The third-order valence-corrected chi connectivity index (χ3v) is 6.20. The Kier molecular flexibility index (Phi) is 7.67. The smallest absolute Gasteiger partial charge is 0.395 e. The number of piperazine rings is 1. The molecule has 1 amide bonds. The van der Waals surface area contributed by atoms with Crippen molar-refractivity contribution in [3.63, 3.8) is 0 Å². The van der Waals surface area contributed by atoms with E-state index < -0.39 is 11.9 Å². The molecule has 11 nitrogen and oxygen atoms in total. The highest BCUT2D eigenvalue weighted by Gasteiger charge is 2.32. The molecule has 14 heteroatoms. The molecule has 0 spiro atoms. The fourth-order valence-corrected chi connectivity index (χ4v) is 4.26. The molecule has 5 rings (SSSR count). The van der Waals surface area contributed by atoms with Gasteiger partial charge in [0.1, 0.15) is 22.7 Å². The number of aliphatic hydroxyl groups excluding tert-OH is 1. The van der Waals surface area contributed by atoms with E-state index in [1.54, 1.807) is 30.5 Å². The second-order valence-corrected chi connectivity index (χ2v) is 8.97. The van der Waals surface area contributed by atoms with E-state index in [0.717, 1.165) is 32.2 Å². The van der Waals surface area contributed by atoms with Crippen LogP contribution in [0.25, 0.3) is 17.0 Å². The summed E-state index contributed by atoms with van der Waals surface area (Å²) in [6, 6.07) is 10.4. The molecule has 4 aromatic rings. The van der Waals surface area contributed by atoms with E-state index in [-0.39, 0.29) is 30.6 Å². The Balaban J connectivity index is 1.30. The van der Waals surface area contributed by atoms with Crippen LogP contribution in [0.1, 0.15) is 5.69 Å². The van der Waals surface area contributed by atoms with E-state index in [2.05, 4.69) is 35.6 Å². The Labute approximate surface area is 221 Å². The molecule has 1 aliphatic heterocycles. The first-order valence-corrected chi connectivity index (χ1v) is 12.3. The number of rotatable bonds is 8. The predicted octanol–water partition coefficient (Wildman–Crippen LogP) is 2.50. The van der Waals surface area contributed by atoms with Gasteiger partial charge in [-0.2, -0.15) is 13.2 Å². The van der Waals surface area contributed by atoms with Crippen molar-refractivity contribution in [2.45, 2.75) is 6.18 Å². The first-order valence-electron chi connectivity index (χ1n) is 12.3. The molecule has 1 fully saturated rings. The minimum Gasteiger partial charge on any atom is -0.395 e. The largest absolute Gasteiger partial charge is 0.433 e. The van der Waals surface area contributed by atoms with Crippen LogP contribution in [0.2, 0.25) is 0 Å². The maximum Gasteiger partial charge on any atom is 0.433 e. The lowest BCUT2D eigenvalue weighted by molar-refractivity contribution is -0.141. The van der Waals surface area contributed by atoms with Gasteiger partial charge in [-0.1, -0.05) is 6.07 Å². The number of aliphatic hydroxyl groups is 1. The van der Waals surface area contributed by atoms with Crippen molar-refractivity contribution >= 4 is 28.7 Å². The zero-order chi connectivity index (χ0) is 27.4. The van der Waals surface area contributed by atoms with Gasteiger partial charge in [0.25, 0.3) is 0 Å². The number of amides is 1. The van der Waals surface area contributed by atoms with Crippen molar-refractivity contribution in [1.82, 2.24) is 34.4 Å². The number of β-amino-alcohol motifs (C(OH)–C–C–N with tert-alkyl or cyclic N) is 1. The van der Waals surface area contributed by atoms with Crippen molar-refractivity contribution in [3.8, 4) is 11.5 Å². The molecule has 39 heavy (non-hydrogen) atoms. The lowest BCUT2D eigenvalue weighted by Crippen LogP contribution is -2.49. The number of fused-ring (bicyclic) bond motifs is 1. The number of hydrogen-bond acceptors (Lipinski definition) is 9. The summed E-state index contributed by atoms with van der Waals surface area (Å²) < 4.78 is 41.1. The quantitative estimate of drug-likeness (QED) is 0.309. The van der Waals surface area contributed by atoms with Crippen LogP contribution in [0.15, 0.2) is 54.9 Å². The number of nitrogens with zero attached hydrogens (tertiary/aromatic N) is 7. The van der Waals surface area contributed by atoms with Gasteiger partial charge in [-0.05, 0) is 30.3 Å². The van der Waals surface area contributed by atoms with Gasteiger partial charge in [0.05, 0.1) is 13.2 Å². The molecule has 0 saturated carbocycles. The number of aromatic nitrogens is 5. The molecular weight excluding hydrogens is 515 g/mol. The van der Waals surface area contributed by atoms with Crippen LogP contribution >= 0.6 is 0 Å². The van der Waals surface area contributed by atoms with Crippen LogP contribution in [0.5, 0.6) is 0 Å².